The topological polar surface area (TPSA) is 53.1 Å². The number of hydrogen-bond donors (Lipinski definition) is 1. The van der Waals surface area contributed by atoms with Crippen molar-refractivity contribution in [3.05, 3.63) is 18.2 Å². The van der Waals surface area contributed by atoms with E-state index in [2.05, 4.69) is 23.7 Å². The predicted molar refractivity (Wildman–Crippen MR) is 41.6 cm³/mol. The van der Waals surface area contributed by atoms with E-state index in [-0.39, 0.29) is 0 Å². The molecule has 1 heterocycles. The monoisotopic (exact) mass is 155 g/mol. The second kappa shape index (κ2) is 3.50. The van der Waals surface area contributed by atoms with Crippen LogP contribution in [-0.4, -0.2) is 9.55 Å². The Balaban J connectivity index is 2.78. The van der Waals surface area contributed by atoms with Gasteiger partial charge in [-0.25, -0.2) is 10.9 Å². The zero-order valence-electron chi connectivity index (χ0n) is 6.82. The average molecular weight is 155 g/mol. The molecule has 11 heavy (non-hydrogen) atoms. The lowest BCUT2D eigenvalue weighted by Crippen LogP contribution is -2.07. The van der Waals surface area contributed by atoms with Crippen LogP contribution in [0.1, 0.15) is 25.6 Å². The standard InChI is InChI=1S/C7H13N3O/c1-6(2)10-5-9-3-7(10)4-11-8/h3,5-6H,4,8H2,1-2H3. The molecule has 0 atom stereocenters. The summed E-state index contributed by atoms with van der Waals surface area (Å²) in [4.78, 5) is 8.51. The smallest absolute Gasteiger partial charge is 0.110 e. The molecule has 0 radical (unpaired) electrons. The van der Waals surface area contributed by atoms with E-state index < -0.39 is 0 Å². The van der Waals surface area contributed by atoms with E-state index in [0.717, 1.165) is 5.69 Å². The van der Waals surface area contributed by atoms with E-state index >= 15 is 0 Å². The van der Waals surface area contributed by atoms with Crippen LogP contribution in [0.2, 0.25) is 0 Å². The fraction of sp³-hybridized carbons (Fsp3) is 0.571. The molecule has 0 aliphatic carbocycles. The van der Waals surface area contributed by atoms with E-state index in [4.69, 9.17) is 5.90 Å². The first-order valence-corrected chi connectivity index (χ1v) is 3.58. The highest BCUT2D eigenvalue weighted by Gasteiger charge is 2.03. The van der Waals surface area contributed by atoms with Crippen molar-refractivity contribution < 1.29 is 4.84 Å². The van der Waals surface area contributed by atoms with Crippen molar-refractivity contribution in [3.8, 4) is 0 Å². The van der Waals surface area contributed by atoms with Gasteiger partial charge in [-0.05, 0) is 13.8 Å². The minimum absolute atomic E-state index is 0.405. The van der Waals surface area contributed by atoms with Crippen LogP contribution in [-0.2, 0) is 11.4 Å². The maximum absolute atomic E-state index is 4.95. The van der Waals surface area contributed by atoms with Crippen molar-refractivity contribution in [1.82, 2.24) is 9.55 Å². The van der Waals surface area contributed by atoms with Crippen molar-refractivity contribution in [2.24, 2.45) is 5.90 Å². The van der Waals surface area contributed by atoms with Gasteiger partial charge in [0.05, 0.1) is 18.2 Å². The molecular weight excluding hydrogens is 142 g/mol. The minimum atomic E-state index is 0.405. The Morgan fingerprint density at radius 2 is 2.45 bits per heavy atom. The maximum Gasteiger partial charge on any atom is 0.110 e. The third-order valence-corrected chi connectivity index (χ3v) is 1.53. The van der Waals surface area contributed by atoms with Crippen molar-refractivity contribution in [1.29, 1.82) is 0 Å². The molecule has 0 amide bonds. The summed E-state index contributed by atoms with van der Waals surface area (Å²) in [6.45, 7) is 4.58. The first-order valence-electron chi connectivity index (χ1n) is 3.58. The molecule has 4 nitrogen and oxygen atoms in total. The molecule has 0 unspecified atom stereocenters. The third-order valence-electron chi connectivity index (χ3n) is 1.53. The Morgan fingerprint density at radius 1 is 1.73 bits per heavy atom. The molecule has 0 saturated heterocycles. The zero-order chi connectivity index (χ0) is 8.27. The van der Waals surface area contributed by atoms with Crippen molar-refractivity contribution in [2.75, 3.05) is 0 Å². The SMILES string of the molecule is CC(C)n1cncc1CON. The summed E-state index contributed by atoms with van der Waals surface area (Å²) in [6, 6.07) is 0.405. The van der Waals surface area contributed by atoms with Gasteiger partial charge in [0.2, 0.25) is 0 Å². The van der Waals surface area contributed by atoms with Gasteiger partial charge in [-0.3, -0.25) is 4.84 Å². The highest BCUT2D eigenvalue weighted by molar-refractivity contribution is 4.97. The van der Waals surface area contributed by atoms with Gasteiger partial charge in [-0.2, -0.15) is 0 Å². The molecule has 0 fully saturated rings. The van der Waals surface area contributed by atoms with Gasteiger partial charge < -0.3 is 4.57 Å². The number of nitrogens with zero attached hydrogens (tertiary/aromatic N) is 2. The van der Waals surface area contributed by atoms with Gasteiger partial charge in [0.15, 0.2) is 0 Å². The van der Waals surface area contributed by atoms with Gasteiger partial charge in [-0.15, -0.1) is 0 Å². The number of rotatable bonds is 3. The largest absolute Gasteiger partial charge is 0.330 e. The summed E-state index contributed by atoms with van der Waals surface area (Å²) in [5.41, 5.74) is 1.00. The Morgan fingerprint density at radius 3 is 3.00 bits per heavy atom. The quantitative estimate of drug-likeness (QED) is 0.658. The summed E-state index contributed by atoms with van der Waals surface area (Å²) in [5, 5.41) is 0. The molecule has 1 rings (SSSR count). The van der Waals surface area contributed by atoms with Crippen molar-refractivity contribution >= 4 is 0 Å². The lowest BCUT2D eigenvalue weighted by atomic mass is 10.3. The molecule has 0 spiro atoms. The van der Waals surface area contributed by atoms with Gasteiger partial charge in [0.25, 0.3) is 0 Å². The zero-order valence-corrected chi connectivity index (χ0v) is 6.82. The summed E-state index contributed by atoms with van der Waals surface area (Å²) in [5.74, 6) is 4.95. The molecule has 0 aliphatic rings. The maximum atomic E-state index is 4.95. The summed E-state index contributed by atoms with van der Waals surface area (Å²) in [7, 11) is 0. The van der Waals surface area contributed by atoms with Crippen LogP contribution in [0.25, 0.3) is 0 Å². The van der Waals surface area contributed by atoms with Gasteiger partial charge in [0.1, 0.15) is 6.61 Å². The molecule has 4 heteroatoms. The second-order valence-electron chi connectivity index (χ2n) is 2.70. The molecule has 0 bridgehead atoms. The van der Waals surface area contributed by atoms with Crippen LogP contribution in [0.3, 0.4) is 0 Å². The van der Waals surface area contributed by atoms with E-state index in [1.807, 2.05) is 4.57 Å². The van der Waals surface area contributed by atoms with Crippen LogP contribution in [0.15, 0.2) is 12.5 Å². The molecule has 0 aliphatic heterocycles. The van der Waals surface area contributed by atoms with E-state index in [9.17, 15) is 0 Å². The second-order valence-corrected chi connectivity index (χ2v) is 2.70. The Bertz CT molecular complexity index is 219. The lowest BCUT2D eigenvalue weighted by molar-refractivity contribution is 0.118. The molecule has 0 saturated carbocycles. The van der Waals surface area contributed by atoms with Gasteiger partial charge in [0, 0.05) is 6.04 Å². The van der Waals surface area contributed by atoms with Crippen LogP contribution in [0, 0.1) is 0 Å². The van der Waals surface area contributed by atoms with Crippen LogP contribution >= 0.6 is 0 Å². The van der Waals surface area contributed by atoms with Crippen molar-refractivity contribution in [2.45, 2.75) is 26.5 Å². The van der Waals surface area contributed by atoms with Crippen molar-refractivity contribution in [3.63, 3.8) is 0 Å². The Kier molecular flexibility index (Phi) is 2.62. The summed E-state index contributed by atoms with van der Waals surface area (Å²) >= 11 is 0. The fourth-order valence-corrected chi connectivity index (χ4v) is 0.994. The fourth-order valence-electron chi connectivity index (χ4n) is 0.994. The Labute approximate surface area is 65.9 Å². The molecule has 2 N–H and O–H groups in total. The molecule has 0 aromatic carbocycles. The molecule has 1 aromatic rings. The highest BCUT2D eigenvalue weighted by atomic mass is 16.6. The number of hydrogen-bond acceptors (Lipinski definition) is 3. The molecular formula is C7H13N3O. The first kappa shape index (κ1) is 8.23. The number of nitrogens with two attached hydrogens (primary N) is 1. The van der Waals surface area contributed by atoms with Crippen LogP contribution in [0.5, 0.6) is 0 Å². The number of aromatic nitrogens is 2. The molecule has 62 valence electrons. The van der Waals surface area contributed by atoms with E-state index in [1.165, 1.54) is 0 Å². The third kappa shape index (κ3) is 1.78. The Hall–Kier alpha value is -0.870. The van der Waals surface area contributed by atoms with Crippen LogP contribution < -0.4 is 5.90 Å². The predicted octanol–water partition coefficient (Wildman–Crippen LogP) is 0.854. The summed E-state index contributed by atoms with van der Waals surface area (Å²) < 4.78 is 2.02. The van der Waals surface area contributed by atoms with E-state index in [1.54, 1.807) is 12.5 Å². The first-order chi connectivity index (χ1) is 5.25. The van der Waals surface area contributed by atoms with Gasteiger partial charge in [-0.1, -0.05) is 0 Å². The lowest BCUT2D eigenvalue weighted by Gasteiger charge is -2.09. The number of imidazole rings is 1. The summed E-state index contributed by atoms with van der Waals surface area (Å²) in [6.07, 6.45) is 3.53. The minimum Gasteiger partial charge on any atom is -0.330 e. The van der Waals surface area contributed by atoms with E-state index in [0.29, 0.717) is 12.6 Å². The van der Waals surface area contributed by atoms with Gasteiger partial charge >= 0.3 is 0 Å². The highest BCUT2D eigenvalue weighted by Crippen LogP contribution is 2.08. The average Bonchev–Trinajstić information content (AvgIpc) is 2.36. The normalized spacial score (nSPS) is 10.9. The van der Waals surface area contributed by atoms with Crippen LogP contribution in [0.4, 0.5) is 0 Å². The molecule has 1 aromatic heterocycles.